The number of hydrogen-bond donors (Lipinski definition) is 4. The molecule has 0 unspecified atom stereocenters. The van der Waals surface area contributed by atoms with Gasteiger partial charge in [-0.1, -0.05) is 19.9 Å². The molecule has 0 spiro atoms. The third-order valence-electron chi connectivity index (χ3n) is 3.33. The average Bonchev–Trinajstić information content (AvgIpc) is 2.58. The maximum atomic E-state index is 11.7. The minimum absolute atomic E-state index is 0. The number of halogens is 2. The van der Waals surface area contributed by atoms with Crippen LogP contribution >= 0.6 is 24.8 Å². The van der Waals surface area contributed by atoms with Gasteiger partial charge in [0, 0.05) is 31.9 Å². The SMILES string of the molecule is CC(C)[C@H](N)C(=O)NCC(=O)NCCC(=O)NCc1cccnc1.Cl.Cl. The van der Waals surface area contributed by atoms with Gasteiger partial charge in [0.1, 0.15) is 0 Å². The van der Waals surface area contributed by atoms with Crippen molar-refractivity contribution in [1.29, 1.82) is 0 Å². The van der Waals surface area contributed by atoms with Crippen LogP contribution in [0.4, 0.5) is 0 Å². The summed E-state index contributed by atoms with van der Waals surface area (Å²) in [5.74, 6) is -0.907. The lowest BCUT2D eigenvalue weighted by Gasteiger charge is -2.15. The first-order chi connectivity index (χ1) is 11.4. The van der Waals surface area contributed by atoms with Crippen molar-refractivity contribution in [3.8, 4) is 0 Å². The van der Waals surface area contributed by atoms with Gasteiger partial charge in [0.15, 0.2) is 0 Å². The minimum Gasteiger partial charge on any atom is -0.354 e. The summed E-state index contributed by atoms with van der Waals surface area (Å²) in [4.78, 5) is 38.8. The van der Waals surface area contributed by atoms with Gasteiger partial charge in [-0.05, 0) is 17.5 Å². The van der Waals surface area contributed by atoms with E-state index in [1.807, 2.05) is 19.9 Å². The molecular weight excluding hydrogens is 381 g/mol. The number of aromatic nitrogens is 1. The summed E-state index contributed by atoms with van der Waals surface area (Å²) in [7, 11) is 0. The standard InChI is InChI=1S/C16H25N5O3.2ClH/c1-11(2)15(17)16(24)21-10-14(23)19-7-5-13(22)20-9-12-4-3-6-18-8-12;;/h3-4,6,8,11,15H,5,7,9-10,17H2,1-2H3,(H,19,23)(H,20,22)(H,21,24);2*1H/t15-;;/m0../s1. The predicted octanol–water partition coefficient (Wildman–Crippen LogP) is 0.147. The highest BCUT2D eigenvalue weighted by Gasteiger charge is 2.17. The zero-order valence-corrected chi connectivity index (χ0v) is 16.5. The summed E-state index contributed by atoms with van der Waals surface area (Å²) in [6.07, 6.45) is 3.49. The number of hydrogen-bond acceptors (Lipinski definition) is 5. The molecule has 0 aliphatic rings. The fourth-order valence-corrected chi connectivity index (χ4v) is 1.76. The smallest absolute Gasteiger partial charge is 0.239 e. The van der Waals surface area contributed by atoms with Gasteiger partial charge in [-0.2, -0.15) is 0 Å². The molecular formula is C16H27Cl2N5O3. The van der Waals surface area contributed by atoms with Gasteiger partial charge in [0.25, 0.3) is 0 Å². The van der Waals surface area contributed by atoms with E-state index in [0.717, 1.165) is 5.56 Å². The molecule has 0 radical (unpaired) electrons. The monoisotopic (exact) mass is 407 g/mol. The molecule has 1 aromatic heterocycles. The van der Waals surface area contributed by atoms with Crippen molar-refractivity contribution in [3.05, 3.63) is 30.1 Å². The minimum atomic E-state index is -0.643. The van der Waals surface area contributed by atoms with Crippen molar-refractivity contribution in [2.75, 3.05) is 13.1 Å². The van der Waals surface area contributed by atoms with E-state index in [1.54, 1.807) is 18.5 Å². The zero-order valence-electron chi connectivity index (χ0n) is 14.9. The molecule has 10 heteroatoms. The largest absolute Gasteiger partial charge is 0.354 e. The fourth-order valence-electron chi connectivity index (χ4n) is 1.76. The first kappa shape index (κ1) is 26.3. The Hall–Kier alpha value is -1.90. The van der Waals surface area contributed by atoms with Crippen LogP contribution in [-0.4, -0.2) is 41.8 Å². The number of nitrogens with two attached hydrogens (primary N) is 1. The molecule has 0 aliphatic heterocycles. The van der Waals surface area contributed by atoms with Crippen LogP contribution in [0, 0.1) is 5.92 Å². The van der Waals surface area contributed by atoms with Crippen molar-refractivity contribution in [2.45, 2.75) is 32.9 Å². The lowest BCUT2D eigenvalue weighted by atomic mass is 10.1. The van der Waals surface area contributed by atoms with Gasteiger partial charge in [-0.15, -0.1) is 24.8 Å². The zero-order chi connectivity index (χ0) is 17.9. The molecule has 0 bridgehead atoms. The molecule has 0 saturated heterocycles. The number of nitrogens with zero attached hydrogens (tertiary/aromatic N) is 1. The van der Waals surface area contributed by atoms with Crippen molar-refractivity contribution >= 4 is 42.5 Å². The van der Waals surface area contributed by atoms with E-state index in [2.05, 4.69) is 20.9 Å². The summed E-state index contributed by atoms with van der Waals surface area (Å²) < 4.78 is 0. The molecule has 148 valence electrons. The van der Waals surface area contributed by atoms with E-state index in [0.29, 0.717) is 6.54 Å². The third kappa shape index (κ3) is 10.9. The number of rotatable bonds is 9. The predicted molar refractivity (Wildman–Crippen MR) is 104 cm³/mol. The molecule has 0 saturated carbocycles. The molecule has 1 aromatic rings. The van der Waals surface area contributed by atoms with Crippen molar-refractivity contribution in [3.63, 3.8) is 0 Å². The Kier molecular flexibility index (Phi) is 14.5. The van der Waals surface area contributed by atoms with Gasteiger partial charge < -0.3 is 21.7 Å². The summed E-state index contributed by atoms with van der Waals surface area (Å²) >= 11 is 0. The van der Waals surface area contributed by atoms with E-state index < -0.39 is 6.04 Å². The molecule has 5 N–H and O–H groups in total. The second-order valence-electron chi connectivity index (χ2n) is 5.73. The quantitative estimate of drug-likeness (QED) is 0.463. The highest BCUT2D eigenvalue weighted by molar-refractivity contribution is 5.87. The van der Waals surface area contributed by atoms with Crippen molar-refractivity contribution < 1.29 is 14.4 Å². The van der Waals surface area contributed by atoms with E-state index in [1.165, 1.54) is 0 Å². The maximum Gasteiger partial charge on any atom is 0.239 e. The topological polar surface area (TPSA) is 126 Å². The highest BCUT2D eigenvalue weighted by Crippen LogP contribution is 1.97. The molecule has 0 fully saturated rings. The lowest BCUT2D eigenvalue weighted by molar-refractivity contribution is -0.127. The Morgan fingerprint density at radius 2 is 1.81 bits per heavy atom. The van der Waals surface area contributed by atoms with Crippen LogP contribution in [0.3, 0.4) is 0 Å². The summed E-state index contributed by atoms with van der Waals surface area (Å²) in [6.45, 7) is 4.09. The molecule has 0 aliphatic carbocycles. The van der Waals surface area contributed by atoms with Gasteiger partial charge in [-0.3, -0.25) is 19.4 Å². The van der Waals surface area contributed by atoms with E-state index in [9.17, 15) is 14.4 Å². The summed E-state index contributed by atoms with van der Waals surface area (Å²) in [5, 5.41) is 7.77. The lowest BCUT2D eigenvalue weighted by Crippen LogP contribution is -2.47. The fraction of sp³-hybridized carbons (Fsp3) is 0.500. The first-order valence-electron chi connectivity index (χ1n) is 7.85. The van der Waals surface area contributed by atoms with Crippen LogP contribution < -0.4 is 21.7 Å². The molecule has 1 heterocycles. The molecule has 3 amide bonds. The Morgan fingerprint density at radius 1 is 1.12 bits per heavy atom. The Balaban J connectivity index is 0. The van der Waals surface area contributed by atoms with E-state index >= 15 is 0 Å². The normalized spacial score (nSPS) is 10.8. The number of amides is 3. The Bertz CT molecular complexity index is 558. The van der Waals surface area contributed by atoms with Gasteiger partial charge in [0.05, 0.1) is 12.6 Å². The van der Waals surface area contributed by atoms with Gasteiger partial charge in [-0.25, -0.2) is 0 Å². The van der Waals surface area contributed by atoms with Crippen LogP contribution in [0.15, 0.2) is 24.5 Å². The number of nitrogens with one attached hydrogen (secondary N) is 3. The van der Waals surface area contributed by atoms with E-state index in [-0.39, 0.29) is 68.0 Å². The van der Waals surface area contributed by atoms with Crippen molar-refractivity contribution in [2.24, 2.45) is 11.7 Å². The maximum absolute atomic E-state index is 11.7. The number of carbonyl (C=O) groups excluding carboxylic acids is 3. The van der Waals surface area contributed by atoms with Gasteiger partial charge >= 0.3 is 0 Å². The van der Waals surface area contributed by atoms with Crippen LogP contribution in [0.1, 0.15) is 25.8 Å². The molecule has 1 atom stereocenters. The first-order valence-corrected chi connectivity index (χ1v) is 7.85. The summed E-state index contributed by atoms with van der Waals surface area (Å²) in [6, 6.07) is 3.01. The van der Waals surface area contributed by atoms with Crippen LogP contribution in [0.25, 0.3) is 0 Å². The number of pyridine rings is 1. The van der Waals surface area contributed by atoms with Gasteiger partial charge in [0.2, 0.25) is 17.7 Å². The molecule has 8 nitrogen and oxygen atoms in total. The van der Waals surface area contributed by atoms with Crippen LogP contribution in [0.5, 0.6) is 0 Å². The Labute approximate surface area is 165 Å². The van der Waals surface area contributed by atoms with E-state index in [4.69, 9.17) is 5.73 Å². The second-order valence-corrected chi connectivity index (χ2v) is 5.73. The Morgan fingerprint density at radius 3 is 2.38 bits per heavy atom. The molecule has 1 rings (SSSR count). The van der Waals surface area contributed by atoms with Crippen LogP contribution in [-0.2, 0) is 20.9 Å². The van der Waals surface area contributed by atoms with Crippen LogP contribution in [0.2, 0.25) is 0 Å². The highest BCUT2D eigenvalue weighted by atomic mass is 35.5. The second kappa shape index (κ2) is 14.3. The van der Waals surface area contributed by atoms with Crippen molar-refractivity contribution in [1.82, 2.24) is 20.9 Å². The number of carbonyl (C=O) groups is 3. The molecule has 26 heavy (non-hydrogen) atoms. The summed E-state index contributed by atoms with van der Waals surface area (Å²) in [5.41, 5.74) is 6.57. The average molecular weight is 408 g/mol. The third-order valence-corrected chi connectivity index (χ3v) is 3.33. The molecule has 0 aromatic carbocycles.